The molecule has 7 rings (SSSR count). The van der Waals surface area contributed by atoms with Crippen molar-refractivity contribution in [2.24, 2.45) is 0 Å². The highest BCUT2D eigenvalue weighted by Gasteiger charge is 2.41. The molecule has 55 heavy (non-hydrogen) atoms. The average molecular weight is 780 g/mol. The summed E-state index contributed by atoms with van der Waals surface area (Å²) in [6.07, 6.45) is 5.61. The molecular formula is C40H37N5O8S2. The third-order valence-corrected chi connectivity index (χ3v) is 12.8. The average Bonchev–Trinajstić information content (AvgIpc) is 3.22. The lowest BCUT2D eigenvalue weighted by molar-refractivity contribution is -0.136. The minimum atomic E-state index is -4.24. The standard InChI is InChI=1S/C40H37N5O8S2/c1-43(54(48,49)37-11-5-9-31-26-41-19-17-34(31)37)36(39(46)44-21-23-45(24-22-44)40(47)52-28-30-7-3-2-4-8-30)25-29-13-15-33(16-14-29)53-55(50,51)38-12-6-10-32-27-42-20-18-35(32)38/h2-20,26-27,36H,21-25,28H2,1H3/t36-/m0/s1. The number of carbonyl (C=O) groups excluding carboxylic acids is 2. The minimum absolute atomic E-state index is 0.0114. The van der Waals surface area contributed by atoms with Gasteiger partial charge in [-0.1, -0.05) is 75.1 Å². The predicted molar refractivity (Wildman–Crippen MR) is 205 cm³/mol. The van der Waals surface area contributed by atoms with Crippen LogP contribution in [-0.4, -0.2) is 84.4 Å². The number of piperazine rings is 1. The summed E-state index contributed by atoms with van der Waals surface area (Å²) in [7, 11) is -7.10. The highest BCUT2D eigenvalue weighted by atomic mass is 32.3. The summed E-state index contributed by atoms with van der Waals surface area (Å²) < 4.78 is 67.3. The molecule has 0 aliphatic carbocycles. The van der Waals surface area contributed by atoms with Crippen LogP contribution in [0, 0.1) is 0 Å². The number of nitrogens with zero attached hydrogens (tertiary/aromatic N) is 5. The Balaban J connectivity index is 1.11. The summed E-state index contributed by atoms with van der Waals surface area (Å²) in [5, 5.41) is 2.19. The van der Waals surface area contributed by atoms with Gasteiger partial charge in [0.15, 0.2) is 21.0 Å². The normalized spacial score (nSPS) is 16.0. The van der Waals surface area contributed by atoms with Crippen LogP contribution < -0.4 is 4.18 Å². The van der Waals surface area contributed by atoms with Crippen molar-refractivity contribution in [2.75, 3.05) is 33.2 Å². The van der Waals surface area contributed by atoms with Crippen LogP contribution in [0.5, 0.6) is 5.75 Å². The fraction of sp³-hybridized carbons (Fsp3) is 0.200. The molecule has 0 spiro atoms. The van der Waals surface area contributed by atoms with E-state index in [0.29, 0.717) is 27.1 Å². The summed E-state index contributed by atoms with van der Waals surface area (Å²) in [6.45, 7) is 0.848. The molecule has 15 heteroatoms. The second-order valence-corrected chi connectivity index (χ2v) is 16.5. The van der Waals surface area contributed by atoms with E-state index in [2.05, 4.69) is 9.97 Å². The molecule has 1 fully saturated rings. The summed E-state index contributed by atoms with van der Waals surface area (Å²) >= 11 is 0. The summed E-state index contributed by atoms with van der Waals surface area (Å²) in [4.78, 5) is 38.4. The van der Waals surface area contributed by atoms with Gasteiger partial charge in [-0.05, 0) is 47.5 Å². The lowest BCUT2D eigenvalue weighted by Crippen LogP contribution is -2.57. The molecule has 1 saturated heterocycles. The van der Waals surface area contributed by atoms with Crippen molar-refractivity contribution in [1.82, 2.24) is 24.1 Å². The predicted octanol–water partition coefficient (Wildman–Crippen LogP) is 5.69. The number of hydrogen-bond acceptors (Lipinski definition) is 10. The summed E-state index contributed by atoms with van der Waals surface area (Å²) in [5.41, 5.74) is 1.41. The zero-order valence-corrected chi connectivity index (χ0v) is 31.4. The Morgan fingerprint density at radius 3 is 1.95 bits per heavy atom. The second kappa shape index (κ2) is 16.0. The molecule has 1 aliphatic rings. The van der Waals surface area contributed by atoms with Crippen LogP contribution in [0.1, 0.15) is 11.1 Å². The van der Waals surface area contributed by atoms with E-state index in [0.717, 1.165) is 9.87 Å². The SMILES string of the molecule is CN([C@@H](Cc1ccc(O[S+](=O)([O-])c2cccc3cnccc23)cc1)C(=O)N1CCN(C(=O)OCc2ccccc2)CC1)[S+](=O)([O-])c1cccc2cnccc12. The van der Waals surface area contributed by atoms with E-state index in [1.165, 1.54) is 48.6 Å². The van der Waals surface area contributed by atoms with E-state index in [-0.39, 0.29) is 54.7 Å². The molecule has 2 unspecified atom stereocenters. The number of amides is 2. The number of sulfonamides is 1. The van der Waals surface area contributed by atoms with Crippen molar-refractivity contribution < 1.29 is 36.0 Å². The Morgan fingerprint density at radius 2 is 1.31 bits per heavy atom. The van der Waals surface area contributed by atoms with Crippen LogP contribution in [0.15, 0.2) is 138 Å². The molecule has 0 bridgehead atoms. The third-order valence-electron chi connectivity index (χ3n) is 9.54. The zero-order chi connectivity index (χ0) is 38.6. The number of aromatic nitrogens is 2. The van der Waals surface area contributed by atoms with Gasteiger partial charge in [0.25, 0.3) is 10.5 Å². The molecule has 4 aromatic carbocycles. The lowest BCUT2D eigenvalue weighted by atomic mass is 10.0. The van der Waals surface area contributed by atoms with Gasteiger partial charge < -0.3 is 23.6 Å². The van der Waals surface area contributed by atoms with Gasteiger partial charge in [0.2, 0.25) is 10.8 Å². The molecule has 0 saturated carbocycles. The summed E-state index contributed by atoms with van der Waals surface area (Å²) in [6, 6.07) is 27.2. The fourth-order valence-corrected chi connectivity index (χ4v) is 9.21. The second-order valence-electron chi connectivity index (χ2n) is 13.0. The van der Waals surface area contributed by atoms with Gasteiger partial charge >= 0.3 is 6.09 Å². The zero-order valence-electron chi connectivity index (χ0n) is 29.8. The Morgan fingerprint density at radius 1 is 0.727 bits per heavy atom. The van der Waals surface area contributed by atoms with Gasteiger partial charge in [-0.3, -0.25) is 18.9 Å². The van der Waals surface area contributed by atoms with Crippen LogP contribution in [0.2, 0.25) is 0 Å². The first-order chi connectivity index (χ1) is 26.5. The number of pyridine rings is 2. The van der Waals surface area contributed by atoms with E-state index < -0.39 is 38.9 Å². The first kappa shape index (κ1) is 37.7. The molecule has 2 aromatic heterocycles. The number of fused-ring (bicyclic) bond motifs is 2. The molecule has 3 heterocycles. The van der Waals surface area contributed by atoms with Gasteiger partial charge in [0.1, 0.15) is 12.6 Å². The lowest BCUT2D eigenvalue weighted by Gasteiger charge is -2.38. The highest BCUT2D eigenvalue weighted by molar-refractivity contribution is 7.95. The molecule has 282 valence electrons. The van der Waals surface area contributed by atoms with Crippen LogP contribution in [0.3, 0.4) is 0 Å². The van der Waals surface area contributed by atoms with Crippen molar-refractivity contribution in [3.63, 3.8) is 0 Å². The molecule has 6 aromatic rings. The maximum atomic E-state index is 14.4. The molecule has 2 amide bonds. The van der Waals surface area contributed by atoms with E-state index >= 15 is 0 Å². The van der Waals surface area contributed by atoms with E-state index in [1.54, 1.807) is 65.8 Å². The minimum Gasteiger partial charge on any atom is -0.593 e. The van der Waals surface area contributed by atoms with Crippen LogP contribution in [-0.2, 0) is 51.9 Å². The largest absolute Gasteiger partial charge is 0.593 e. The number of hydrogen-bond donors (Lipinski definition) is 0. The number of likely N-dealkylation sites (N-methyl/N-ethyl adjacent to an activating group) is 1. The summed E-state index contributed by atoms with van der Waals surface area (Å²) in [5.74, 6) is -0.406. The monoisotopic (exact) mass is 779 g/mol. The Hall–Kier alpha value is -5.58. The highest BCUT2D eigenvalue weighted by Crippen LogP contribution is 2.32. The van der Waals surface area contributed by atoms with Gasteiger partial charge in [-0.25, -0.2) is 4.79 Å². The first-order valence-corrected chi connectivity index (χ1v) is 20.3. The smallest absolute Gasteiger partial charge is 0.410 e. The maximum absolute atomic E-state index is 14.4. The molecule has 13 nitrogen and oxygen atoms in total. The Kier molecular flexibility index (Phi) is 11.0. The van der Waals surface area contributed by atoms with Crippen molar-refractivity contribution in [2.45, 2.75) is 28.9 Å². The van der Waals surface area contributed by atoms with Crippen LogP contribution in [0.4, 0.5) is 4.79 Å². The van der Waals surface area contributed by atoms with Crippen molar-refractivity contribution in [1.29, 1.82) is 0 Å². The first-order valence-electron chi connectivity index (χ1n) is 17.4. The molecular weight excluding hydrogens is 743 g/mol. The fourth-order valence-electron chi connectivity index (χ4n) is 6.53. The van der Waals surface area contributed by atoms with Gasteiger partial charge in [0.05, 0.1) is 0 Å². The third kappa shape index (κ3) is 8.26. The number of benzene rings is 4. The van der Waals surface area contributed by atoms with Crippen molar-refractivity contribution in [3.05, 3.63) is 139 Å². The maximum Gasteiger partial charge on any atom is 0.410 e. The van der Waals surface area contributed by atoms with E-state index in [1.807, 2.05) is 30.3 Å². The Labute approximate surface area is 320 Å². The number of carbonyl (C=O) groups is 2. The van der Waals surface area contributed by atoms with E-state index in [9.17, 15) is 27.1 Å². The Bertz CT molecular complexity index is 2420. The molecule has 0 N–H and O–H groups in total. The quantitative estimate of drug-likeness (QED) is 0.149. The van der Waals surface area contributed by atoms with Gasteiger partial charge in [0, 0.05) is 86.0 Å². The molecule has 3 atom stereocenters. The van der Waals surface area contributed by atoms with Crippen LogP contribution >= 0.6 is 0 Å². The molecule has 1 aliphatic heterocycles. The van der Waals surface area contributed by atoms with Crippen LogP contribution in [0.25, 0.3) is 21.5 Å². The molecule has 0 radical (unpaired) electrons. The van der Waals surface area contributed by atoms with Crippen molar-refractivity contribution >= 4 is 54.4 Å². The van der Waals surface area contributed by atoms with Gasteiger partial charge in [-0.15, -0.1) is 4.31 Å². The number of ether oxygens (including phenoxy) is 1. The van der Waals surface area contributed by atoms with Crippen molar-refractivity contribution in [3.8, 4) is 5.75 Å². The topological polar surface area (TPSA) is 168 Å². The van der Waals surface area contributed by atoms with E-state index in [4.69, 9.17) is 8.92 Å². The number of rotatable bonds is 11. The van der Waals surface area contributed by atoms with Gasteiger partial charge in [-0.2, -0.15) is 0 Å².